The van der Waals surface area contributed by atoms with Crippen LogP contribution in [0.1, 0.15) is 12.1 Å². The lowest BCUT2D eigenvalue weighted by atomic mass is 10.2. The van der Waals surface area contributed by atoms with E-state index in [9.17, 15) is 0 Å². The fraction of sp³-hybridized carbons (Fsp3) is 0.600. The highest BCUT2D eigenvalue weighted by Gasteiger charge is 2.15. The predicted molar refractivity (Wildman–Crippen MR) is 65.7 cm³/mol. The summed E-state index contributed by atoms with van der Waals surface area (Å²) in [5.41, 5.74) is 1.04. The van der Waals surface area contributed by atoms with Crippen molar-refractivity contribution in [1.29, 1.82) is 0 Å². The number of halogens is 1. The second kappa shape index (κ2) is 6.30. The Labute approximate surface area is 101 Å². The average molecular weight is 246 g/mol. The van der Waals surface area contributed by atoms with Crippen LogP contribution in [0.5, 0.6) is 0 Å². The summed E-state index contributed by atoms with van der Waals surface area (Å²) in [5.74, 6) is 1.97. The Morgan fingerprint density at radius 2 is 2.27 bits per heavy atom. The fourth-order valence-corrected chi connectivity index (χ4v) is 2.67. The average Bonchev–Trinajstić information content (AvgIpc) is 2.69. The Hall–Kier alpha value is -0.320. The van der Waals surface area contributed by atoms with Crippen LogP contribution in [-0.2, 0) is 0 Å². The van der Waals surface area contributed by atoms with E-state index in [4.69, 9.17) is 0 Å². The van der Waals surface area contributed by atoms with Crippen LogP contribution >= 0.6 is 24.2 Å². The van der Waals surface area contributed by atoms with Crippen LogP contribution in [-0.4, -0.2) is 28.8 Å². The molecule has 0 bridgehead atoms. The van der Waals surface area contributed by atoms with Crippen molar-refractivity contribution in [3.63, 3.8) is 0 Å². The van der Waals surface area contributed by atoms with Gasteiger partial charge < -0.3 is 5.32 Å². The van der Waals surface area contributed by atoms with E-state index < -0.39 is 0 Å². The number of nitrogens with one attached hydrogen (secondary N) is 1. The van der Waals surface area contributed by atoms with Crippen LogP contribution < -0.4 is 5.32 Å². The lowest BCUT2D eigenvalue weighted by molar-refractivity contribution is 0.662. The molecule has 3 nitrogen and oxygen atoms in total. The summed E-state index contributed by atoms with van der Waals surface area (Å²) >= 11 is 1.83. The molecule has 0 amide bonds. The molecule has 0 aliphatic carbocycles. The summed E-state index contributed by atoms with van der Waals surface area (Å²) in [6, 6.07) is 0. The van der Waals surface area contributed by atoms with E-state index in [2.05, 4.69) is 15.3 Å². The maximum Gasteiger partial charge on any atom is 0.117 e. The number of nitrogens with zero attached hydrogens (tertiary/aromatic N) is 2. The van der Waals surface area contributed by atoms with Crippen molar-refractivity contribution in [3.8, 4) is 0 Å². The van der Waals surface area contributed by atoms with E-state index in [1.807, 2.05) is 18.7 Å². The van der Waals surface area contributed by atoms with Gasteiger partial charge in [0.15, 0.2) is 0 Å². The molecule has 1 aliphatic rings. The van der Waals surface area contributed by atoms with Gasteiger partial charge in [-0.25, -0.2) is 4.98 Å². The SMILES string of the molecule is Cc1nccnc1SCC1CCNC1.Cl. The number of aromatic nitrogens is 2. The number of aryl methyl sites for hydroxylation is 1. The van der Waals surface area contributed by atoms with Crippen molar-refractivity contribution >= 4 is 24.2 Å². The second-order valence-corrected chi connectivity index (χ2v) is 4.63. The Balaban J connectivity index is 0.00000112. The molecule has 0 aromatic carbocycles. The van der Waals surface area contributed by atoms with Crippen molar-refractivity contribution in [2.45, 2.75) is 18.4 Å². The molecule has 2 rings (SSSR count). The highest BCUT2D eigenvalue weighted by molar-refractivity contribution is 7.99. The van der Waals surface area contributed by atoms with Crippen molar-refractivity contribution in [2.75, 3.05) is 18.8 Å². The number of thioether (sulfide) groups is 1. The maximum absolute atomic E-state index is 4.32. The molecule has 0 saturated carbocycles. The summed E-state index contributed by atoms with van der Waals surface area (Å²) in [5, 5.41) is 4.46. The van der Waals surface area contributed by atoms with Gasteiger partial charge in [-0.2, -0.15) is 0 Å². The Morgan fingerprint density at radius 3 is 2.93 bits per heavy atom. The standard InChI is InChI=1S/C10H15N3S.ClH/c1-8-10(13-5-4-12-8)14-7-9-2-3-11-6-9;/h4-5,9,11H,2-3,6-7H2,1H3;1H. The quantitative estimate of drug-likeness (QED) is 0.826. The Bertz CT molecular complexity index is 302. The van der Waals surface area contributed by atoms with Crippen LogP contribution in [0.15, 0.2) is 17.4 Å². The van der Waals surface area contributed by atoms with Crippen LogP contribution in [0.25, 0.3) is 0 Å². The second-order valence-electron chi connectivity index (χ2n) is 3.62. The minimum Gasteiger partial charge on any atom is -0.316 e. The summed E-state index contributed by atoms with van der Waals surface area (Å²) in [4.78, 5) is 8.54. The Morgan fingerprint density at radius 1 is 1.47 bits per heavy atom. The van der Waals surface area contributed by atoms with Crippen LogP contribution in [0.4, 0.5) is 0 Å². The predicted octanol–water partition coefficient (Wildman–Crippen LogP) is 1.91. The summed E-state index contributed by atoms with van der Waals surface area (Å²) in [6.45, 7) is 4.35. The van der Waals surface area contributed by atoms with Gasteiger partial charge in [0.2, 0.25) is 0 Å². The molecule has 2 heterocycles. The molecule has 1 unspecified atom stereocenters. The molecule has 0 radical (unpaired) electrons. The first kappa shape index (κ1) is 12.7. The highest BCUT2D eigenvalue weighted by Crippen LogP contribution is 2.22. The molecule has 1 atom stereocenters. The molecule has 5 heteroatoms. The summed E-state index contributed by atoms with van der Waals surface area (Å²) < 4.78 is 0. The van der Waals surface area contributed by atoms with Crippen LogP contribution in [0, 0.1) is 12.8 Å². The molecule has 1 aromatic rings. The largest absolute Gasteiger partial charge is 0.316 e. The first-order chi connectivity index (χ1) is 6.86. The third kappa shape index (κ3) is 3.63. The summed E-state index contributed by atoms with van der Waals surface area (Å²) in [6.07, 6.45) is 4.81. The van der Waals surface area contributed by atoms with Gasteiger partial charge in [-0.05, 0) is 32.4 Å². The van der Waals surface area contributed by atoms with Gasteiger partial charge >= 0.3 is 0 Å². The molecular formula is C10H16ClN3S. The van der Waals surface area contributed by atoms with E-state index in [-0.39, 0.29) is 12.4 Å². The smallest absolute Gasteiger partial charge is 0.117 e. The van der Waals surface area contributed by atoms with Gasteiger partial charge in [0.1, 0.15) is 5.03 Å². The van der Waals surface area contributed by atoms with Gasteiger partial charge in [-0.1, -0.05) is 0 Å². The monoisotopic (exact) mass is 245 g/mol. The maximum atomic E-state index is 4.32. The number of rotatable bonds is 3. The van der Waals surface area contributed by atoms with E-state index in [0.29, 0.717) is 0 Å². The summed E-state index contributed by atoms with van der Waals surface area (Å²) in [7, 11) is 0. The minimum atomic E-state index is 0. The molecule has 1 aromatic heterocycles. The van der Waals surface area contributed by atoms with Crippen molar-refractivity contribution in [2.24, 2.45) is 5.92 Å². The zero-order valence-electron chi connectivity index (χ0n) is 8.77. The lowest BCUT2D eigenvalue weighted by Crippen LogP contribution is -2.10. The molecule has 1 N–H and O–H groups in total. The van der Waals surface area contributed by atoms with E-state index in [0.717, 1.165) is 28.9 Å². The molecule has 15 heavy (non-hydrogen) atoms. The topological polar surface area (TPSA) is 37.8 Å². The van der Waals surface area contributed by atoms with Crippen molar-refractivity contribution in [1.82, 2.24) is 15.3 Å². The van der Waals surface area contributed by atoms with Gasteiger partial charge in [0.25, 0.3) is 0 Å². The van der Waals surface area contributed by atoms with Crippen molar-refractivity contribution in [3.05, 3.63) is 18.1 Å². The molecule has 0 spiro atoms. The van der Waals surface area contributed by atoms with Crippen LogP contribution in [0.3, 0.4) is 0 Å². The first-order valence-electron chi connectivity index (χ1n) is 4.97. The third-order valence-corrected chi connectivity index (χ3v) is 3.77. The third-order valence-electron chi connectivity index (χ3n) is 2.45. The van der Waals surface area contributed by atoms with E-state index in [1.165, 1.54) is 13.0 Å². The lowest BCUT2D eigenvalue weighted by Gasteiger charge is -2.07. The Kier molecular flexibility index (Phi) is 5.36. The van der Waals surface area contributed by atoms with E-state index in [1.54, 1.807) is 12.4 Å². The zero-order chi connectivity index (χ0) is 9.80. The molecule has 1 saturated heterocycles. The zero-order valence-corrected chi connectivity index (χ0v) is 10.4. The van der Waals surface area contributed by atoms with Gasteiger partial charge in [0, 0.05) is 18.1 Å². The number of hydrogen-bond acceptors (Lipinski definition) is 4. The molecule has 1 aliphatic heterocycles. The van der Waals surface area contributed by atoms with Gasteiger partial charge in [0.05, 0.1) is 5.69 Å². The molecule has 84 valence electrons. The molecular weight excluding hydrogens is 230 g/mol. The fourth-order valence-electron chi connectivity index (χ4n) is 1.59. The number of hydrogen-bond donors (Lipinski definition) is 1. The highest BCUT2D eigenvalue weighted by atomic mass is 35.5. The van der Waals surface area contributed by atoms with Gasteiger partial charge in [-0.15, -0.1) is 24.2 Å². The minimum absolute atomic E-state index is 0. The normalized spacial score (nSPS) is 19.9. The van der Waals surface area contributed by atoms with E-state index >= 15 is 0 Å². The van der Waals surface area contributed by atoms with Gasteiger partial charge in [-0.3, -0.25) is 4.98 Å². The van der Waals surface area contributed by atoms with Crippen LogP contribution in [0.2, 0.25) is 0 Å². The van der Waals surface area contributed by atoms with Crippen molar-refractivity contribution < 1.29 is 0 Å². The molecule has 1 fully saturated rings. The first-order valence-corrected chi connectivity index (χ1v) is 5.96.